The maximum absolute atomic E-state index is 13.7. The number of phenolic OH excluding ortho intramolecular Hbond substituents is 1. The van der Waals surface area contributed by atoms with E-state index in [1.165, 1.54) is 20.3 Å². The summed E-state index contributed by atoms with van der Waals surface area (Å²) in [4.78, 5) is 39.4. The lowest BCUT2D eigenvalue weighted by Crippen LogP contribution is -2.43. The van der Waals surface area contributed by atoms with Crippen molar-refractivity contribution in [2.75, 3.05) is 34.0 Å². The number of Topliss-reactive ketones (excluding diaryl/α,β-unsaturated/α-hetero) is 1. The van der Waals surface area contributed by atoms with Gasteiger partial charge in [-0.25, -0.2) is 4.79 Å². The Bertz CT molecular complexity index is 1040. The Morgan fingerprint density at radius 3 is 2.59 bits per heavy atom. The number of phenols is 1. The first kappa shape index (κ1) is 25.3. The molecule has 1 aromatic carbocycles. The van der Waals surface area contributed by atoms with Crippen LogP contribution in [-0.4, -0.2) is 56.9 Å². The lowest BCUT2D eigenvalue weighted by Gasteiger charge is -2.38. The van der Waals surface area contributed by atoms with Crippen LogP contribution >= 0.6 is 0 Å². The minimum atomic E-state index is -0.985. The highest BCUT2D eigenvalue weighted by molar-refractivity contribution is 6.12. The summed E-state index contributed by atoms with van der Waals surface area (Å²) in [6.45, 7) is 5.93. The normalized spacial score (nSPS) is 22.1. The third-order valence-electron chi connectivity index (χ3n) is 6.10. The highest BCUT2D eigenvalue weighted by atomic mass is 16.6. The van der Waals surface area contributed by atoms with E-state index in [1.807, 2.05) is 6.92 Å². The molecular formula is C25H31NO8. The number of ketones is 1. The smallest absolute Gasteiger partial charge is 0.336 e. The Kier molecular flexibility index (Phi) is 7.98. The van der Waals surface area contributed by atoms with Crippen LogP contribution in [0.2, 0.25) is 0 Å². The van der Waals surface area contributed by atoms with E-state index in [1.54, 1.807) is 26.0 Å². The summed E-state index contributed by atoms with van der Waals surface area (Å²) in [5.74, 6) is -3.54. The van der Waals surface area contributed by atoms with Crippen LogP contribution in [0.15, 0.2) is 40.7 Å². The van der Waals surface area contributed by atoms with Crippen molar-refractivity contribution in [2.24, 2.45) is 11.8 Å². The van der Waals surface area contributed by atoms with Crippen molar-refractivity contribution in [3.8, 4) is 11.5 Å². The van der Waals surface area contributed by atoms with E-state index >= 15 is 0 Å². The van der Waals surface area contributed by atoms with Gasteiger partial charge in [0.2, 0.25) is 0 Å². The molecule has 0 bridgehead atoms. The third kappa shape index (κ3) is 4.79. The van der Waals surface area contributed by atoms with Gasteiger partial charge in [-0.1, -0.05) is 13.0 Å². The molecular weight excluding hydrogens is 442 g/mol. The summed E-state index contributed by atoms with van der Waals surface area (Å²) >= 11 is 0. The zero-order valence-electron chi connectivity index (χ0n) is 20.1. The highest BCUT2D eigenvalue weighted by Crippen LogP contribution is 2.46. The third-order valence-corrected chi connectivity index (χ3v) is 6.10. The molecule has 0 radical (unpaired) electrons. The highest BCUT2D eigenvalue weighted by Gasteiger charge is 2.47. The second-order valence-corrected chi connectivity index (χ2v) is 8.32. The molecule has 0 aromatic heterocycles. The van der Waals surface area contributed by atoms with Crippen molar-refractivity contribution in [3.63, 3.8) is 0 Å². The summed E-state index contributed by atoms with van der Waals surface area (Å²) in [6, 6.07) is 4.69. The van der Waals surface area contributed by atoms with Crippen LogP contribution in [0, 0.1) is 11.8 Å². The molecule has 0 saturated carbocycles. The number of benzene rings is 1. The molecule has 184 valence electrons. The molecule has 0 spiro atoms. The Labute approximate surface area is 198 Å². The Hall–Kier alpha value is -3.33. The predicted molar refractivity (Wildman–Crippen MR) is 122 cm³/mol. The standard InChI is InChI=1S/C25H31NO8/c1-6-33-18-12-15(7-8-17(18)27)21-20(25(30)34-10-9-31-4)14(3)26-16-11-13(2)19(24(29)32-5)23(28)22(16)21/h7-8,12-13,19,21,26-27H,6,9-11H2,1-5H3/t13-,19+,21+/m1/s1. The molecule has 0 saturated heterocycles. The van der Waals surface area contributed by atoms with Crippen molar-refractivity contribution in [3.05, 3.63) is 46.3 Å². The number of allylic oxidation sites excluding steroid dienone is 3. The first-order valence-electron chi connectivity index (χ1n) is 11.2. The van der Waals surface area contributed by atoms with Gasteiger partial charge in [-0.2, -0.15) is 0 Å². The van der Waals surface area contributed by atoms with Crippen molar-refractivity contribution in [1.82, 2.24) is 5.32 Å². The van der Waals surface area contributed by atoms with Crippen molar-refractivity contribution in [2.45, 2.75) is 33.1 Å². The van der Waals surface area contributed by atoms with Crippen molar-refractivity contribution >= 4 is 17.7 Å². The molecule has 34 heavy (non-hydrogen) atoms. The van der Waals surface area contributed by atoms with E-state index in [0.717, 1.165) is 0 Å². The zero-order valence-corrected chi connectivity index (χ0v) is 20.1. The molecule has 2 N–H and O–H groups in total. The number of ether oxygens (including phenoxy) is 4. The Balaban J connectivity index is 2.16. The minimum Gasteiger partial charge on any atom is -0.504 e. The van der Waals surface area contributed by atoms with E-state index < -0.39 is 29.6 Å². The lowest BCUT2D eigenvalue weighted by atomic mass is 9.69. The predicted octanol–water partition coefficient (Wildman–Crippen LogP) is 2.59. The summed E-state index contributed by atoms with van der Waals surface area (Å²) in [6.07, 6.45) is 0.428. The molecule has 0 unspecified atom stereocenters. The van der Waals surface area contributed by atoms with Gasteiger partial charge in [0.05, 0.1) is 25.9 Å². The molecule has 3 atom stereocenters. The molecule has 9 heteroatoms. The largest absolute Gasteiger partial charge is 0.504 e. The molecule has 0 amide bonds. The average Bonchev–Trinajstić information content (AvgIpc) is 2.79. The van der Waals surface area contributed by atoms with E-state index in [4.69, 9.17) is 18.9 Å². The number of esters is 2. The molecule has 0 fully saturated rings. The van der Waals surface area contributed by atoms with Crippen molar-refractivity contribution in [1.29, 1.82) is 0 Å². The first-order chi connectivity index (χ1) is 16.2. The molecule has 1 heterocycles. The number of carbonyl (C=O) groups is 3. The quantitative estimate of drug-likeness (QED) is 0.333. The van der Waals surface area contributed by atoms with Gasteiger partial charge in [-0.05, 0) is 43.9 Å². The first-order valence-corrected chi connectivity index (χ1v) is 11.2. The maximum atomic E-state index is 13.7. The molecule has 1 aromatic rings. The van der Waals surface area contributed by atoms with Gasteiger partial charge in [0.25, 0.3) is 0 Å². The summed E-state index contributed by atoms with van der Waals surface area (Å²) in [7, 11) is 2.75. The molecule has 9 nitrogen and oxygen atoms in total. The van der Waals surface area contributed by atoms with Gasteiger partial charge in [-0.3, -0.25) is 9.59 Å². The Morgan fingerprint density at radius 2 is 1.94 bits per heavy atom. The summed E-state index contributed by atoms with van der Waals surface area (Å²) in [5.41, 5.74) is 2.31. The van der Waals surface area contributed by atoms with Gasteiger partial charge in [0.15, 0.2) is 17.3 Å². The number of rotatable bonds is 8. The van der Waals surface area contributed by atoms with Gasteiger partial charge in [-0.15, -0.1) is 0 Å². The fourth-order valence-corrected chi connectivity index (χ4v) is 4.56. The zero-order chi connectivity index (χ0) is 25.0. The topological polar surface area (TPSA) is 120 Å². The minimum absolute atomic E-state index is 0.0419. The second kappa shape index (κ2) is 10.7. The van der Waals surface area contributed by atoms with E-state index in [2.05, 4.69) is 5.32 Å². The number of nitrogens with one attached hydrogen (secondary N) is 1. The lowest BCUT2D eigenvalue weighted by molar-refractivity contribution is -0.151. The molecule has 3 rings (SSSR count). The number of dihydropyridines is 1. The number of methoxy groups -OCH3 is 2. The second-order valence-electron chi connectivity index (χ2n) is 8.32. The van der Waals surface area contributed by atoms with Gasteiger partial charge in [0.1, 0.15) is 12.5 Å². The van der Waals surface area contributed by atoms with Crippen LogP contribution in [0.5, 0.6) is 11.5 Å². The number of hydrogen-bond donors (Lipinski definition) is 2. The van der Waals surface area contributed by atoms with Gasteiger partial charge < -0.3 is 29.4 Å². The van der Waals surface area contributed by atoms with Crippen LogP contribution in [0.25, 0.3) is 0 Å². The van der Waals surface area contributed by atoms with Crippen LogP contribution in [-0.2, 0) is 28.6 Å². The monoisotopic (exact) mass is 473 g/mol. The van der Waals surface area contributed by atoms with Crippen molar-refractivity contribution < 1.29 is 38.4 Å². The number of hydrogen-bond acceptors (Lipinski definition) is 9. The molecule has 1 aliphatic heterocycles. The summed E-state index contributed by atoms with van der Waals surface area (Å²) < 4.78 is 20.8. The fourth-order valence-electron chi connectivity index (χ4n) is 4.56. The van der Waals surface area contributed by atoms with Gasteiger partial charge >= 0.3 is 11.9 Å². The number of aromatic hydroxyl groups is 1. The molecule has 2 aliphatic rings. The summed E-state index contributed by atoms with van der Waals surface area (Å²) in [5, 5.41) is 13.4. The van der Waals surface area contributed by atoms with Crippen LogP contribution in [0.1, 0.15) is 38.7 Å². The molecule has 1 aliphatic carbocycles. The van der Waals surface area contributed by atoms with E-state index in [-0.39, 0.29) is 36.2 Å². The van der Waals surface area contributed by atoms with Crippen LogP contribution in [0.3, 0.4) is 0 Å². The maximum Gasteiger partial charge on any atom is 0.336 e. The van der Waals surface area contributed by atoms with Gasteiger partial charge in [0, 0.05) is 30.0 Å². The SMILES string of the molecule is CCOc1cc([C@H]2C(C(=O)OCCOC)=C(C)NC3=C2C(=O)[C@@H](C(=O)OC)[C@H](C)C3)ccc1O. The number of carbonyl (C=O) groups excluding carboxylic acids is 3. The average molecular weight is 474 g/mol. The fraction of sp³-hybridized carbons (Fsp3) is 0.480. The van der Waals surface area contributed by atoms with E-state index in [9.17, 15) is 19.5 Å². The Morgan fingerprint density at radius 1 is 1.21 bits per heavy atom. The van der Waals surface area contributed by atoms with Crippen LogP contribution in [0.4, 0.5) is 0 Å². The van der Waals surface area contributed by atoms with E-state index in [0.29, 0.717) is 35.6 Å². The van der Waals surface area contributed by atoms with Crippen LogP contribution < -0.4 is 10.1 Å².